The van der Waals surface area contributed by atoms with Crippen LogP contribution < -0.4 is 10.6 Å². The molecule has 0 fully saturated rings. The second kappa shape index (κ2) is 8.08. The van der Waals surface area contributed by atoms with E-state index < -0.39 is 11.7 Å². The van der Waals surface area contributed by atoms with E-state index in [-0.39, 0.29) is 12.5 Å². The van der Waals surface area contributed by atoms with Crippen LogP contribution in [0, 0.1) is 18.8 Å². The maximum absolute atomic E-state index is 11.5. The van der Waals surface area contributed by atoms with E-state index in [0.717, 1.165) is 11.1 Å². The molecule has 0 unspecified atom stereocenters. The largest absolute Gasteiger partial charge is 0.444 e. The minimum absolute atomic E-state index is 0.285. The van der Waals surface area contributed by atoms with Crippen LogP contribution in [0.5, 0.6) is 0 Å². The molecule has 2 amide bonds. The van der Waals surface area contributed by atoms with Crippen molar-refractivity contribution in [1.29, 1.82) is 0 Å². The van der Waals surface area contributed by atoms with E-state index in [4.69, 9.17) is 4.74 Å². The van der Waals surface area contributed by atoms with Crippen LogP contribution in [0.3, 0.4) is 0 Å². The second-order valence-electron chi connectivity index (χ2n) is 5.80. The smallest absolute Gasteiger partial charge is 0.407 e. The number of benzene rings is 1. The summed E-state index contributed by atoms with van der Waals surface area (Å²) in [5, 5.41) is 5.15. The molecule has 0 aliphatic rings. The molecule has 0 aliphatic heterocycles. The number of amides is 2. The molecule has 1 aromatic rings. The lowest BCUT2D eigenvalue weighted by Crippen LogP contribution is -2.37. The average molecular weight is 302 g/mol. The fraction of sp³-hybridized carbons (Fsp3) is 0.412. The molecule has 0 saturated heterocycles. The molecule has 0 bridgehead atoms. The van der Waals surface area contributed by atoms with Crippen molar-refractivity contribution in [3.8, 4) is 11.8 Å². The number of hydrogen-bond donors (Lipinski definition) is 2. The summed E-state index contributed by atoms with van der Waals surface area (Å²) in [7, 11) is 0. The fourth-order valence-electron chi connectivity index (χ4n) is 1.46. The van der Waals surface area contributed by atoms with Crippen LogP contribution in [0.4, 0.5) is 4.79 Å². The Morgan fingerprint density at radius 2 is 1.68 bits per heavy atom. The van der Waals surface area contributed by atoms with Crippen LogP contribution in [0.2, 0.25) is 0 Å². The van der Waals surface area contributed by atoms with E-state index in [1.165, 1.54) is 0 Å². The molecule has 0 aliphatic carbocycles. The molecule has 118 valence electrons. The Labute approximate surface area is 131 Å². The third kappa shape index (κ3) is 7.95. The van der Waals surface area contributed by atoms with Crippen molar-refractivity contribution in [1.82, 2.24) is 10.6 Å². The van der Waals surface area contributed by atoms with Crippen molar-refractivity contribution in [3.63, 3.8) is 0 Å². The summed E-state index contributed by atoms with van der Waals surface area (Å²) in [5.41, 5.74) is 1.39. The summed E-state index contributed by atoms with van der Waals surface area (Å²) >= 11 is 0. The molecule has 0 heterocycles. The molecule has 2 N–H and O–H groups in total. The molecule has 1 aromatic carbocycles. The van der Waals surface area contributed by atoms with Gasteiger partial charge >= 0.3 is 6.09 Å². The number of ether oxygens (including phenoxy) is 1. The van der Waals surface area contributed by atoms with Gasteiger partial charge in [0.25, 0.3) is 5.91 Å². The highest BCUT2D eigenvalue weighted by Gasteiger charge is 2.15. The first-order valence-corrected chi connectivity index (χ1v) is 7.09. The summed E-state index contributed by atoms with van der Waals surface area (Å²) in [4.78, 5) is 22.9. The first-order chi connectivity index (χ1) is 10.3. The van der Waals surface area contributed by atoms with E-state index in [2.05, 4.69) is 22.5 Å². The minimum Gasteiger partial charge on any atom is -0.444 e. The second-order valence-corrected chi connectivity index (χ2v) is 5.80. The number of aryl methyl sites for hydroxylation is 1. The van der Waals surface area contributed by atoms with Crippen molar-refractivity contribution < 1.29 is 14.3 Å². The Bertz CT molecular complexity index is 575. The first kappa shape index (κ1) is 17.6. The highest BCUT2D eigenvalue weighted by Crippen LogP contribution is 2.06. The Morgan fingerprint density at radius 1 is 1.09 bits per heavy atom. The van der Waals surface area contributed by atoms with Gasteiger partial charge in [-0.2, -0.15) is 0 Å². The van der Waals surface area contributed by atoms with Gasteiger partial charge in [-0.3, -0.25) is 4.79 Å². The number of carbonyl (C=O) groups excluding carboxylic acids is 2. The lowest BCUT2D eigenvalue weighted by atomic mass is 10.1. The first-order valence-electron chi connectivity index (χ1n) is 7.09. The molecule has 0 spiro atoms. The Kier molecular flexibility index (Phi) is 6.46. The van der Waals surface area contributed by atoms with Crippen molar-refractivity contribution in [2.75, 3.05) is 13.1 Å². The molecule has 0 radical (unpaired) electrons. The van der Waals surface area contributed by atoms with Gasteiger partial charge in [0.15, 0.2) is 0 Å². The monoisotopic (exact) mass is 302 g/mol. The molecular weight excluding hydrogens is 280 g/mol. The Hall–Kier alpha value is -2.48. The normalized spacial score (nSPS) is 10.2. The molecule has 0 saturated carbocycles. The summed E-state index contributed by atoms with van der Waals surface area (Å²) in [6, 6.07) is 7.60. The van der Waals surface area contributed by atoms with Crippen LogP contribution >= 0.6 is 0 Å². The number of rotatable bonds is 3. The topological polar surface area (TPSA) is 67.4 Å². The van der Waals surface area contributed by atoms with Gasteiger partial charge in [0.05, 0.1) is 0 Å². The van der Waals surface area contributed by atoms with Crippen LogP contribution in [0.15, 0.2) is 24.3 Å². The van der Waals surface area contributed by atoms with Crippen LogP contribution in [0.1, 0.15) is 31.9 Å². The number of alkyl carbamates (subject to hydrolysis) is 1. The Balaban J connectivity index is 2.27. The average Bonchev–Trinajstić information content (AvgIpc) is 2.41. The zero-order chi connectivity index (χ0) is 16.6. The maximum Gasteiger partial charge on any atom is 0.407 e. The van der Waals surface area contributed by atoms with Crippen molar-refractivity contribution >= 4 is 12.0 Å². The third-order valence-electron chi connectivity index (χ3n) is 2.45. The van der Waals surface area contributed by atoms with Gasteiger partial charge < -0.3 is 15.4 Å². The number of carbonyl (C=O) groups is 2. The lowest BCUT2D eigenvalue weighted by Gasteiger charge is -2.19. The minimum atomic E-state index is -0.535. The fourth-order valence-corrected chi connectivity index (χ4v) is 1.46. The van der Waals surface area contributed by atoms with Gasteiger partial charge in [0.2, 0.25) is 0 Å². The zero-order valence-corrected chi connectivity index (χ0v) is 13.4. The van der Waals surface area contributed by atoms with Gasteiger partial charge in [0, 0.05) is 24.6 Å². The van der Waals surface area contributed by atoms with E-state index in [1.807, 2.05) is 31.2 Å². The quantitative estimate of drug-likeness (QED) is 0.663. The molecular formula is C17H22N2O3. The lowest BCUT2D eigenvalue weighted by molar-refractivity contribution is -0.115. The summed E-state index contributed by atoms with van der Waals surface area (Å²) in [5.74, 6) is 4.90. The zero-order valence-electron chi connectivity index (χ0n) is 13.4. The summed E-state index contributed by atoms with van der Waals surface area (Å²) < 4.78 is 5.07. The van der Waals surface area contributed by atoms with Crippen molar-refractivity contribution in [2.24, 2.45) is 0 Å². The predicted molar refractivity (Wildman–Crippen MR) is 85.3 cm³/mol. The van der Waals surface area contributed by atoms with Crippen molar-refractivity contribution in [2.45, 2.75) is 33.3 Å². The molecule has 1 rings (SSSR count). The van der Waals surface area contributed by atoms with Crippen molar-refractivity contribution in [3.05, 3.63) is 35.4 Å². The van der Waals surface area contributed by atoms with E-state index in [0.29, 0.717) is 6.54 Å². The summed E-state index contributed by atoms with van der Waals surface area (Å²) in [6.07, 6.45) is -0.507. The predicted octanol–water partition coefficient (Wildman–Crippen LogP) is 1.99. The number of hydrogen-bond acceptors (Lipinski definition) is 3. The van der Waals surface area contributed by atoms with Gasteiger partial charge in [0.1, 0.15) is 5.60 Å². The highest BCUT2D eigenvalue weighted by molar-refractivity contribution is 5.94. The van der Waals surface area contributed by atoms with Crippen LogP contribution in [-0.2, 0) is 9.53 Å². The van der Waals surface area contributed by atoms with E-state index in [9.17, 15) is 9.59 Å². The molecule has 22 heavy (non-hydrogen) atoms. The maximum atomic E-state index is 11.5. The van der Waals surface area contributed by atoms with Gasteiger partial charge in [-0.1, -0.05) is 23.6 Å². The van der Waals surface area contributed by atoms with Gasteiger partial charge in [-0.25, -0.2) is 4.79 Å². The summed E-state index contributed by atoms with van der Waals surface area (Å²) in [6.45, 7) is 7.92. The third-order valence-corrected chi connectivity index (χ3v) is 2.45. The SMILES string of the molecule is Cc1ccc(C#CC(=O)NCCNC(=O)OC(C)(C)C)cc1. The Morgan fingerprint density at radius 3 is 2.27 bits per heavy atom. The molecule has 0 atom stereocenters. The van der Waals surface area contributed by atoms with Crippen LogP contribution in [-0.4, -0.2) is 30.7 Å². The highest BCUT2D eigenvalue weighted by atomic mass is 16.6. The van der Waals surface area contributed by atoms with E-state index >= 15 is 0 Å². The molecule has 5 heteroatoms. The standard InChI is InChI=1S/C17H22N2O3/c1-13-5-7-14(8-6-13)9-10-15(20)18-11-12-19-16(21)22-17(2,3)4/h5-8H,11-12H2,1-4H3,(H,18,20)(H,19,21). The van der Waals surface area contributed by atoms with Gasteiger partial charge in [-0.05, 0) is 39.8 Å². The van der Waals surface area contributed by atoms with Gasteiger partial charge in [-0.15, -0.1) is 0 Å². The molecule has 0 aromatic heterocycles. The van der Waals surface area contributed by atoms with E-state index in [1.54, 1.807) is 20.8 Å². The number of nitrogens with one attached hydrogen (secondary N) is 2. The van der Waals surface area contributed by atoms with Crippen LogP contribution in [0.25, 0.3) is 0 Å². The molecule has 5 nitrogen and oxygen atoms in total.